The van der Waals surface area contributed by atoms with Crippen molar-refractivity contribution in [3.63, 3.8) is 0 Å². The van der Waals surface area contributed by atoms with Crippen LogP contribution in [0.25, 0.3) is 0 Å². The second kappa shape index (κ2) is 5.18. The van der Waals surface area contributed by atoms with E-state index in [2.05, 4.69) is 20.6 Å². The predicted octanol–water partition coefficient (Wildman–Crippen LogP) is 1.19. The summed E-state index contributed by atoms with van der Waals surface area (Å²) in [5, 5.41) is 14.5. The number of anilines is 1. The van der Waals surface area contributed by atoms with Crippen LogP contribution in [0.15, 0.2) is 12.4 Å². The number of nitrogens with zero attached hydrogens (tertiary/aromatic N) is 3. The minimum absolute atomic E-state index is 0.0311. The number of rotatable bonds is 4. The molecular formula is C13H19N5O2S. The number of aromatic nitrogens is 4. The zero-order valence-corrected chi connectivity index (χ0v) is 12.9. The fourth-order valence-electron chi connectivity index (χ4n) is 2.81. The van der Waals surface area contributed by atoms with Gasteiger partial charge in [-0.1, -0.05) is 0 Å². The smallest absolute Gasteiger partial charge is 0.152 e. The van der Waals surface area contributed by atoms with E-state index in [4.69, 9.17) is 0 Å². The fourth-order valence-corrected chi connectivity index (χ4v) is 4.51. The Morgan fingerprint density at radius 2 is 2.29 bits per heavy atom. The number of H-pyrrole nitrogens is 1. The lowest BCUT2D eigenvalue weighted by molar-refractivity contribution is 0.485. The lowest BCUT2D eigenvalue weighted by Crippen LogP contribution is -2.14. The Morgan fingerprint density at radius 3 is 2.90 bits per heavy atom. The third kappa shape index (κ3) is 2.80. The molecule has 7 nitrogen and oxygen atoms in total. The van der Waals surface area contributed by atoms with Gasteiger partial charge in [0.2, 0.25) is 0 Å². The molecule has 0 bridgehead atoms. The molecule has 0 aliphatic carbocycles. The summed E-state index contributed by atoms with van der Waals surface area (Å²) in [6.07, 6.45) is 4.16. The summed E-state index contributed by atoms with van der Waals surface area (Å²) in [6.45, 7) is 4.60. The number of nitrogens with one attached hydrogen (secondary N) is 2. The predicted molar refractivity (Wildman–Crippen MR) is 79.9 cm³/mol. The van der Waals surface area contributed by atoms with Gasteiger partial charge < -0.3 is 5.32 Å². The van der Waals surface area contributed by atoms with E-state index in [1.807, 2.05) is 18.5 Å². The zero-order valence-electron chi connectivity index (χ0n) is 12.1. The van der Waals surface area contributed by atoms with Crippen LogP contribution in [0.2, 0.25) is 0 Å². The summed E-state index contributed by atoms with van der Waals surface area (Å²) in [7, 11) is -2.90. The molecule has 114 valence electrons. The van der Waals surface area contributed by atoms with Crippen LogP contribution in [0.5, 0.6) is 0 Å². The van der Waals surface area contributed by atoms with Gasteiger partial charge in [0, 0.05) is 24.0 Å². The summed E-state index contributed by atoms with van der Waals surface area (Å²) < 4.78 is 25.2. The Hall–Kier alpha value is -1.83. The van der Waals surface area contributed by atoms with Crippen molar-refractivity contribution in [3.05, 3.63) is 29.3 Å². The van der Waals surface area contributed by atoms with E-state index in [-0.39, 0.29) is 17.5 Å². The summed E-state index contributed by atoms with van der Waals surface area (Å²) in [4.78, 5) is 0. The van der Waals surface area contributed by atoms with Crippen LogP contribution in [0.1, 0.15) is 29.4 Å². The summed E-state index contributed by atoms with van der Waals surface area (Å²) in [5.41, 5.74) is 4.00. The molecule has 8 heteroatoms. The van der Waals surface area contributed by atoms with Crippen molar-refractivity contribution in [1.82, 2.24) is 20.0 Å². The quantitative estimate of drug-likeness (QED) is 0.885. The SMILES string of the molecule is Cc1nn(C2CCS(=O)(=O)C2)c(C)c1CNc1cn[nH]c1. The minimum atomic E-state index is -2.90. The first-order valence-electron chi connectivity index (χ1n) is 6.94. The van der Waals surface area contributed by atoms with Crippen molar-refractivity contribution in [2.75, 3.05) is 16.8 Å². The average molecular weight is 309 g/mol. The van der Waals surface area contributed by atoms with E-state index in [1.165, 1.54) is 0 Å². The molecule has 1 unspecified atom stereocenters. The van der Waals surface area contributed by atoms with E-state index >= 15 is 0 Å². The molecule has 1 aliphatic rings. The molecule has 1 saturated heterocycles. The van der Waals surface area contributed by atoms with E-state index in [1.54, 1.807) is 12.4 Å². The molecule has 1 aliphatic heterocycles. The second-order valence-corrected chi connectivity index (χ2v) is 7.72. The number of sulfone groups is 1. The maximum absolute atomic E-state index is 11.6. The summed E-state index contributed by atoms with van der Waals surface area (Å²) in [6, 6.07) is -0.0311. The van der Waals surface area contributed by atoms with E-state index in [9.17, 15) is 8.42 Å². The van der Waals surface area contributed by atoms with Crippen LogP contribution >= 0.6 is 0 Å². The average Bonchev–Trinajstić information content (AvgIpc) is 3.10. The van der Waals surface area contributed by atoms with Gasteiger partial charge in [-0.3, -0.25) is 9.78 Å². The molecule has 0 saturated carbocycles. The first-order chi connectivity index (χ1) is 9.96. The zero-order chi connectivity index (χ0) is 15.0. The molecule has 0 radical (unpaired) electrons. The first-order valence-corrected chi connectivity index (χ1v) is 8.76. The number of hydrogen-bond acceptors (Lipinski definition) is 5. The fraction of sp³-hybridized carbons (Fsp3) is 0.538. The molecule has 21 heavy (non-hydrogen) atoms. The van der Waals surface area contributed by atoms with Gasteiger partial charge in [0.1, 0.15) is 0 Å². The largest absolute Gasteiger partial charge is 0.378 e. The van der Waals surface area contributed by atoms with Crippen LogP contribution in [0.3, 0.4) is 0 Å². The standard InChI is InChI=1S/C13H19N5O2S/c1-9-13(7-14-11-5-15-16-6-11)10(2)18(17-9)12-3-4-21(19,20)8-12/h5-6,12,14H,3-4,7-8H2,1-2H3,(H,15,16). The van der Waals surface area contributed by atoms with Crippen molar-refractivity contribution in [1.29, 1.82) is 0 Å². The Kier molecular flexibility index (Phi) is 3.48. The van der Waals surface area contributed by atoms with Gasteiger partial charge in [0.05, 0.1) is 35.1 Å². The second-order valence-electron chi connectivity index (χ2n) is 5.49. The Morgan fingerprint density at radius 1 is 1.48 bits per heavy atom. The van der Waals surface area contributed by atoms with Gasteiger partial charge in [0.25, 0.3) is 0 Å². The lowest BCUT2D eigenvalue weighted by Gasteiger charge is -2.11. The molecule has 2 aromatic heterocycles. The highest BCUT2D eigenvalue weighted by Crippen LogP contribution is 2.27. The Bertz CT molecular complexity index is 733. The minimum Gasteiger partial charge on any atom is -0.378 e. The van der Waals surface area contributed by atoms with Crippen LogP contribution in [0.4, 0.5) is 5.69 Å². The topological polar surface area (TPSA) is 92.7 Å². The molecule has 2 aromatic rings. The van der Waals surface area contributed by atoms with Crippen LogP contribution < -0.4 is 5.32 Å². The maximum atomic E-state index is 11.6. The molecule has 0 amide bonds. The van der Waals surface area contributed by atoms with Gasteiger partial charge in [-0.2, -0.15) is 10.2 Å². The van der Waals surface area contributed by atoms with Crippen LogP contribution in [0, 0.1) is 13.8 Å². The highest BCUT2D eigenvalue weighted by Gasteiger charge is 2.31. The third-order valence-electron chi connectivity index (χ3n) is 4.00. The molecule has 3 rings (SSSR count). The number of aryl methyl sites for hydroxylation is 1. The van der Waals surface area contributed by atoms with Crippen molar-refractivity contribution in [2.45, 2.75) is 32.9 Å². The Labute approximate surface area is 123 Å². The van der Waals surface area contributed by atoms with Crippen molar-refractivity contribution >= 4 is 15.5 Å². The molecule has 1 atom stereocenters. The molecule has 3 heterocycles. The third-order valence-corrected chi connectivity index (χ3v) is 5.75. The van der Waals surface area contributed by atoms with Gasteiger partial charge in [0.15, 0.2) is 9.84 Å². The molecule has 2 N–H and O–H groups in total. The van der Waals surface area contributed by atoms with Crippen molar-refractivity contribution < 1.29 is 8.42 Å². The van der Waals surface area contributed by atoms with E-state index < -0.39 is 9.84 Å². The molecule has 0 aromatic carbocycles. The van der Waals surface area contributed by atoms with Gasteiger partial charge in [-0.25, -0.2) is 8.42 Å². The maximum Gasteiger partial charge on any atom is 0.152 e. The van der Waals surface area contributed by atoms with E-state index in [0.717, 1.165) is 22.6 Å². The van der Waals surface area contributed by atoms with E-state index in [0.29, 0.717) is 13.0 Å². The molecular weight excluding hydrogens is 290 g/mol. The normalized spacial score (nSPS) is 20.8. The van der Waals surface area contributed by atoms with Crippen molar-refractivity contribution in [2.24, 2.45) is 0 Å². The number of aromatic amines is 1. The van der Waals surface area contributed by atoms with Gasteiger partial charge in [-0.15, -0.1) is 0 Å². The van der Waals surface area contributed by atoms with Crippen molar-refractivity contribution in [3.8, 4) is 0 Å². The number of hydrogen-bond donors (Lipinski definition) is 2. The summed E-state index contributed by atoms with van der Waals surface area (Å²) >= 11 is 0. The van der Waals surface area contributed by atoms with Gasteiger partial charge >= 0.3 is 0 Å². The highest BCUT2D eigenvalue weighted by atomic mass is 32.2. The lowest BCUT2D eigenvalue weighted by atomic mass is 10.2. The molecule has 0 spiro atoms. The van der Waals surface area contributed by atoms with Gasteiger partial charge in [-0.05, 0) is 20.3 Å². The Balaban J connectivity index is 1.80. The molecule has 1 fully saturated rings. The highest BCUT2D eigenvalue weighted by molar-refractivity contribution is 7.91. The van der Waals surface area contributed by atoms with Crippen LogP contribution in [-0.2, 0) is 16.4 Å². The summed E-state index contributed by atoms with van der Waals surface area (Å²) in [5.74, 6) is 0.460. The van der Waals surface area contributed by atoms with Crippen LogP contribution in [-0.4, -0.2) is 39.9 Å². The first kappa shape index (κ1) is 14.1. The monoisotopic (exact) mass is 309 g/mol.